The molecule has 7 nitrogen and oxygen atoms in total. The van der Waals surface area contributed by atoms with Crippen LogP contribution in [0.5, 0.6) is 5.75 Å². The molecule has 0 aliphatic heterocycles. The van der Waals surface area contributed by atoms with E-state index in [4.69, 9.17) is 0 Å². The Labute approximate surface area is 196 Å². The molecule has 0 atom stereocenters. The molecule has 0 spiro atoms. The maximum Gasteiger partial charge on any atom is 0.347 e. The quantitative estimate of drug-likeness (QED) is 0.460. The van der Waals surface area contributed by atoms with Crippen molar-refractivity contribution in [2.45, 2.75) is 6.04 Å². The number of amides is 1. The highest BCUT2D eigenvalue weighted by Crippen LogP contribution is 2.31. The van der Waals surface area contributed by atoms with Gasteiger partial charge in [0, 0.05) is 25.0 Å². The van der Waals surface area contributed by atoms with E-state index in [0.717, 1.165) is 18.2 Å². The van der Waals surface area contributed by atoms with Gasteiger partial charge in [0.05, 0.1) is 18.7 Å². The van der Waals surface area contributed by atoms with Crippen LogP contribution in [-0.4, -0.2) is 40.6 Å². The van der Waals surface area contributed by atoms with Crippen LogP contribution in [0.2, 0.25) is 0 Å². The third kappa shape index (κ3) is 3.92. The molecule has 7 heteroatoms. The lowest BCUT2D eigenvalue weighted by Crippen LogP contribution is -2.32. The summed E-state index contributed by atoms with van der Waals surface area (Å²) in [5, 5.41) is 10.9. The van der Waals surface area contributed by atoms with E-state index < -0.39 is 22.8 Å². The Balaban J connectivity index is 1.83. The van der Waals surface area contributed by atoms with E-state index in [-0.39, 0.29) is 17.3 Å². The minimum atomic E-state index is -0.943. The Morgan fingerprint density at radius 3 is 2.03 bits per heavy atom. The van der Waals surface area contributed by atoms with Gasteiger partial charge in [0.15, 0.2) is 5.56 Å². The molecule has 4 rings (SSSR count). The second kappa shape index (κ2) is 9.23. The van der Waals surface area contributed by atoms with Crippen LogP contribution in [0.25, 0.3) is 10.9 Å². The third-order valence-electron chi connectivity index (χ3n) is 5.94. The summed E-state index contributed by atoms with van der Waals surface area (Å²) in [7, 11) is 4.34. The van der Waals surface area contributed by atoms with Crippen molar-refractivity contribution in [1.82, 2.24) is 9.47 Å². The first-order valence-electron chi connectivity index (χ1n) is 10.7. The Morgan fingerprint density at radius 1 is 0.941 bits per heavy atom. The molecule has 3 aromatic carbocycles. The summed E-state index contributed by atoms with van der Waals surface area (Å²) in [6, 6.07) is 23.7. The summed E-state index contributed by atoms with van der Waals surface area (Å²) >= 11 is 0. The van der Waals surface area contributed by atoms with Crippen LogP contribution in [0.1, 0.15) is 37.9 Å². The largest absolute Gasteiger partial charge is 0.506 e. The van der Waals surface area contributed by atoms with Crippen molar-refractivity contribution in [2.75, 3.05) is 14.2 Å². The fourth-order valence-electron chi connectivity index (χ4n) is 4.18. The van der Waals surface area contributed by atoms with Gasteiger partial charge in [0.1, 0.15) is 5.75 Å². The van der Waals surface area contributed by atoms with Crippen molar-refractivity contribution >= 4 is 22.8 Å². The van der Waals surface area contributed by atoms with Crippen LogP contribution in [0, 0.1) is 0 Å². The monoisotopic (exact) mass is 456 g/mol. The predicted octanol–water partition coefficient (Wildman–Crippen LogP) is 3.89. The molecule has 0 aliphatic carbocycles. The molecular weight excluding hydrogens is 432 g/mol. The minimum absolute atomic E-state index is 0.206. The highest BCUT2D eigenvalue weighted by molar-refractivity contribution is 6.03. The summed E-state index contributed by atoms with van der Waals surface area (Å²) in [5.41, 5.74) is 1.43. The van der Waals surface area contributed by atoms with Crippen LogP contribution in [0.3, 0.4) is 0 Å². The van der Waals surface area contributed by atoms with E-state index in [0.29, 0.717) is 11.1 Å². The van der Waals surface area contributed by atoms with E-state index in [1.807, 2.05) is 60.7 Å². The maximum atomic E-state index is 13.6. The lowest BCUT2D eigenvalue weighted by molar-refractivity contribution is 0.0594. The third-order valence-corrected chi connectivity index (χ3v) is 5.94. The van der Waals surface area contributed by atoms with Crippen LogP contribution in [0.4, 0.5) is 0 Å². The van der Waals surface area contributed by atoms with Crippen molar-refractivity contribution in [3.05, 3.63) is 111 Å². The zero-order chi connectivity index (χ0) is 24.4. The average Bonchev–Trinajstić information content (AvgIpc) is 2.88. The zero-order valence-electron chi connectivity index (χ0n) is 19.1. The van der Waals surface area contributed by atoms with Gasteiger partial charge >= 0.3 is 5.97 Å². The molecule has 0 radical (unpaired) electrons. The van der Waals surface area contributed by atoms with Gasteiger partial charge in [-0.3, -0.25) is 9.59 Å². The van der Waals surface area contributed by atoms with E-state index in [1.54, 1.807) is 24.1 Å². The number of hydrogen-bond donors (Lipinski definition) is 1. The number of hydrogen-bond acceptors (Lipinski definition) is 5. The first kappa shape index (κ1) is 22.8. The molecule has 1 aromatic heterocycles. The van der Waals surface area contributed by atoms with Gasteiger partial charge in [0.2, 0.25) is 0 Å². The van der Waals surface area contributed by atoms with E-state index >= 15 is 0 Å². The maximum absolute atomic E-state index is 13.6. The molecule has 0 saturated heterocycles. The molecule has 1 amide bonds. The number of ether oxygens (including phenoxy) is 1. The van der Waals surface area contributed by atoms with Crippen molar-refractivity contribution in [1.29, 1.82) is 0 Å². The number of esters is 1. The Hall–Kier alpha value is -4.39. The van der Waals surface area contributed by atoms with Gasteiger partial charge in [0.25, 0.3) is 11.5 Å². The first-order chi connectivity index (χ1) is 16.3. The highest BCUT2D eigenvalue weighted by Gasteiger charge is 2.26. The van der Waals surface area contributed by atoms with E-state index in [1.165, 1.54) is 17.7 Å². The number of pyridine rings is 1. The second-order valence-electron chi connectivity index (χ2n) is 7.95. The number of nitrogens with zero attached hydrogens (tertiary/aromatic N) is 2. The molecule has 0 aliphatic rings. The normalized spacial score (nSPS) is 10.9. The van der Waals surface area contributed by atoms with Crippen LogP contribution < -0.4 is 5.56 Å². The van der Waals surface area contributed by atoms with Crippen molar-refractivity contribution in [3.8, 4) is 5.75 Å². The molecule has 172 valence electrons. The van der Waals surface area contributed by atoms with Crippen molar-refractivity contribution < 1.29 is 19.4 Å². The Kier molecular flexibility index (Phi) is 6.19. The molecule has 0 saturated carbocycles. The zero-order valence-corrected chi connectivity index (χ0v) is 19.1. The van der Waals surface area contributed by atoms with Crippen LogP contribution in [-0.2, 0) is 11.8 Å². The van der Waals surface area contributed by atoms with Crippen LogP contribution in [0.15, 0.2) is 83.7 Å². The number of aryl methyl sites for hydroxylation is 1. The van der Waals surface area contributed by atoms with Gasteiger partial charge in [-0.2, -0.15) is 0 Å². The highest BCUT2D eigenvalue weighted by atomic mass is 16.5. The topological polar surface area (TPSA) is 88.8 Å². The molecule has 1 N–H and O–H groups in total. The lowest BCUT2D eigenvalue weighted by Gasteiger charge is -2.29. The summed E-state index contributed by atoms with van der Waals surface area (Å²) in [6.07, 6.45) is 0. The number of carbonyl (C=O) groups excluding carboxylic acids is 2. The molecule has 4 aromatic rings. The standard InChI is InChI=1S/C27H24N2O5/c1-28-21-15-14-19(16-20(21)24(30)22(26(28)32)27(33)34-3)25(31)29(2)23(17-10-6-4-7-11-17)18-12-8-5-9-13-18/h4-16,23,30H,1-3H3. The summed E-state index contributed by atoms with van der Waals surface area (Å²) in [6.45, 7) is 0. The summed E-state index contributed by atoms with van der Waals surface area (Å²) in [4.78, 5) is 39.9. The molecular formula is C27H24N2O5. The summed E-state index contributed by atoms with van der Waals surface area (Å²) < 4.78 is 5.91. The average molecular weight is 456 g/mol. The van der Waals surface area contributed by atoms with Crippen molar-refractivity contribution in [3.63, 3.8) is 0 Å². The minimum Gasteiger partial charge on any atom is -0.506 e. The fourth-order valence-corrected chi connectivity index (χ4v) is 4.18. The van der Waals surface area contributed by atoms with Gasteiger partial charge in [-0.25, -0.2) is 4.79 Å². The van der Waals surface area contributed by atoms with E-state index in [2.05, 4.69) is 4.74 Å². The SMILES string of the molecule is COC(=O)c1c(O)c2cc(C(=O)N(C)C(c3ccccc3)c3ccccc3)ccc2n(C)c1=O. The van der Waals surface area contributed by atoms with Gasteiger partial charge in [-0.05, 0) is 29.3 Å². The Morgan fingerprint density at radius 2 is 1.50 bits per heavy atom. The van der Waals surface area contributed by atoms with Gasteiger partial charge in [-0.15, -0.1) is 0 Å². The molecule has 0 unspecified atom stereocenters. The lowest BCUT2D eigenvalue weighted by atomic mass is 9.96. The van der Waals surface area contributed by atoms with Gasteiger partial charge in [-0.1, -0.05) is 60.7 Å². The Bertz CT molecular complexity index is 1390. The first-order valence-corrected chi connectivity index (χ1v) is 10.7. The van der Waals surface area contributed by atoms with Crippen molar-refractivity contribution in [2.24, 2.45) is 7.05 Å². The molecule has 0 bridgehead atoms. The number of aromatic hydroxyl groups is 1. The number of rotatable bonds is 5. The summed E-state index contributed by atoms with van der Waals surface area (Å²) in [5.74, 6) is -1.74. The number of methoxy groups -OCH3 is 1. The number of carbonyl (C=O) groups is 2. The molecule has 1 heterocycles. The number of benzene rings is 3. The van der Waals surface area contributed by atoms with E-state index in [9.17, 15) is 19.5 Å². The van der Waals surface area contributed by atoms with Gasteiger partial charge < -0.3 is 19.3 Å². The predicted molar refractivity (Wildman–Crippen MR) is 129 cm³/mol. The smallest absolute Gasteiger partial charge is 0.347 e. The number of aromatic nitrogens is 1. The van der Waals surface area contributed by atoms with Crippen LogP contribution >= 0.6 is 0 Å². The fraction of sp³-hybridized carbons (Fsp3) is 0.148. The molecule has 0 fully saturated rings. The molecule has 34 heavy (non-hydrogen) atoms. The second-order valence-corrected chi connectivity index (χ2v) is 7.95. The number of fused-ring (bicyclic) bond motifs is 1.